The lowest BCUT2D eigenvalue weighted by molar-refractivity contribution is 0.590. The van der Waals surface area contributed by atoms with Gasteiger partial charge in [0.05, 0.1) is 11.4 Å². The molecule has 2 heterocycles. The summed E-state index contributed by atoms with van der Waals surface area (Å²) < 4.78 is 0. The maximum Gasteiger partial charge on any atom is 0.252 e. The molecule has 9 aromatic carbocycles. The average molecular weight is 1060 g/mol. The van der Waals surface area contributed by atoms with Crippen molar-refractivity contribution < 1.29 is 0 Å². The van der Waals surface area contributed by atoms with Crippen LogP contribution in [0.3, 0.4) is 0 Å². The van der Waals surface area contributed by atoms with Crippen LogP contribution in [0.5, 0.6) is 0 Å². The molecule has 2 aliphatic heterocycles. The number of hydrogen-bond acceptors (Lipinski definition) is 5. The molecule has 2 N–H and O–H groups in total. The van der Waals surface area contributed by atoms with Gasteiger partial charge in [0.15, 0.2) is 0 Å². The molecule has 9 aromatic rings. The summed E-state index contributed by atoms with van der Waals surface area (Å²) in [6.07, 6.45) is 11.1. The average Bonchev–Trinajstić information content (AvgIpc) is 2.95. The summed E-state index contributed by atoms with van der Waals surface area (Å²) in [5.74, 6) is 0. The van der Waals surface area contributed by atoms with Gasteiger partial charge in [0.25, 0.3) is 6.71 Å². The van der Waals surface area contributed by atoms with E-state index in [-0.39, 0.29) is 12.1 Å². The van der Waals surface area contributed by atoms with E-state index in [1.807, 2.05) is 0 Å². The molecule has 6 heteroatoms. The predicted octanol–water partition coefficient (Wildman–Crippen LogP) is 19.1. The van der Waals surface area contributed by atoms with Crippen molar-refractivity contribution in [2.75, 3.05) is 25.3 Å². The standard InChI is InChI=1S/C75H78BN5/c1-10-13-25-53(5)58-47-72-74-73(48-58)81(65-45-52(4)44-56(46-65)27-15-12-3)70-51-68(77)71(78(60-28-19-16-20-29-60)54(6)57-36-38-59(39-37-57)75(7,8)9)50-67(70)76(74)66-43-42-64(79(61-30-21-17-22-31-61)62-32-23-18-24-33-62)49-69(66)80(72)63-40-34-55(35-41-63)26-14-11-2/h16-25,28-51H,6,10-15,26-27,77H2,1-5,7-9H3/b53-25-. The summed E-state index contributed by atoms with van der Waals surface area (Å²) in [5, 5.41) is 0. The molecule has 5 nitrogen and oxygen atoms in total. The smallest absolute Gasteiger partial charge is 0.252 e. The maximum absolute atomic E-state index is 7.70. The van der Waals surface area contributed by atoms with Crippen LogP contribution in [0.2, 0.25) is 0 Å². The van der Waals surface area contributed by atoms with Crippen molar-refractivity contribution in [3.05, 3.63) is 246 Å². The normalized spacial score (nSPS) is 12.7. The molecule has 2 aliphatic rings. The molecule has 0 atom stereocenters. The van der Waals surface area contributed by atoms with Crippen molar-refractivity contribution in [2.45, 2.75) is 112 Å². The fourth-order valence-electron chi connectivity index (χ4n) is 12.2. The van der Waals surface area contributed by atoms with E-state index < -0.39 is 0 Å². The Bertz CT molecular complexity index is 3690. The number of para-hydroxylation sites is 3. The van der Waals surface area contributed by atoms with E-state index in [2.05, 4.69) is 281 Å². The first-order valence-electron chi connectivity index (χ1n) is 29.6. The fraction of sp³-hybridized carbons (Fsp3) is 0.227. The molecule has 0 bridgehead atoms. The van der Waals surface area contributed by atoms with Gasteiger partial charge < -0.3 is 25.3 Å². The summed E-state index contributed by atoms with van der Waals surface area (Å²) >= 11 is 0. The van der Waals surface area contributed by atoms with Gasteiger partial charge in [-0.05, 0) is 204 Å². The Morgan fingerprint density at radius 1 is 0.543 bits per heavy atom. The Kier molecular flexibility index (Phi) is 15.7. The first-order valence-corrected chi connectivity index (χ1v) is 29.6. The number of hydrogen-bond donors (Lipinski definition) is 1. The monoisotopic (exact) mass is 1060 g/mol. The molecule has 0 spiro atoms. The second-order valence-corrected chi connectivity index (χ2v) is 23.4. The number of nitrogens with two attached hydrogens (primary N) is 1. The summed E-state index contributed by atoms with van der Waals surface area (Å²) in [6.45, 7) is 22.9. The van der Waals surface area contributed by atoms with Crippen LogP contribution in [0.15, 0.2) is 213 Å². The van der Waals surface area contributed by atoms with Crippen LogP contribution in [0.25, 0.3) is 11.3 Å². The molecule has 0 aliphatic carbocycles. The highest BCUT2D eigenvalue weighted by molar-refractivity contribution is 7.00. The molecule has 81 heavy (non-hydrogen) atoms. The minimum absolute atomic E-state index is 0.00827. The topological polar surface area (TPSA) is 39.0 Å². The Hall–Kier alpha value is -8.48. The second kappa shape index (κ2) is 23.3. The van der Waals surface area contributed by atoms with E-state index in [0.29, 0.717) is 5.69 Å². The number of rotatable bonds is 18. The van der Waals surface area contributed by atoms with E-state index in [0.717, 1.165) is 114 Å². The number of allylic oxidation sites excluding steroid dienone is 2. The summed E-state index contributed by atoms with van der Waals surface area (Å²) in [7, 11) is 0. The molecule has 0 saturated carbocycles. The third-order valence-corrected chi connectivity index (χ3v) is 16.5. The van der Waals surface area contributed by atoms with Gasteiger partial charge in [-0.15, -0.1) is 0 Å². The van der Waals surface area contributed by atoms with Gasteiger partial charge in [-0.2, -0.15) is 0 Å². The Labute approximate surface area is 483 Å². The predicted molar refractivity (Wildman–Crippen MR) is 353 cm³/mol. The van der Waals surface area contributed by atoms with E-state index >= 15 is 0 Å². The molecule has 0 unspecified atom stereocenters. The largest absolute Gasteiger partial charge is 0.397 e. The third kappa shape index (κ3) is 10.8. The quantitative estimate of drug-likeness (QED) is 0.0685. The first kappa shape index (κ1) is 54.5. The maximum atomic E-state index is 7.70. The summed E-state index contributed by atoms with van der Waals surface area (Å²) in [5.41, 5.74) is 33.6. The highest BCUT2D eigenvalue weighted by Crippen LogP contribution is 2.49. The molecule has 0 saturated heterocycles. The van der Waals surface area contributed by atoms with Crippen molar-refractivity contribution in [1.82, 2.24) is 0 Å². The van der Waals surface area contributed by atoms with Crippen LogP contribution < -0.4 is 41.7 Å². The second-order valence-electron chi connectivity index (χ2n) is 23.4. The Morgan fingerprint density at radius 3 is 1.72 bits per heavy atom. The van der Waals surface area contributed by atoms with Crippen molar-refractivity contribution in [1.29, 1.82) is 0 Å². The van der Waals surface area contributed by atoms with Crippen LogP contribution in [-0.4, -0.2) is 6.71 Å². The van der Waals surface area contributed by atoms with E-state index in [1.165, 1.54) is 61.2 Å². The van der Waals surface area contributed by atoms with Gasteiger partial charge in [0.1, 0.15) is 0 Å². The zero-order chi connectivity index (χ0) is 56.4. The van der Waals surface area contributed by atoms with Gasteiger partial charge >= 0.3 is 0 Å². The zero-order valence-corrected chi connectivity index (χ0v) is 48.9. The number of anilines is 12. The Morgan fingerprint density at radius 2 is 1.12 bits per heavy atom. The van der Waals surface area contributed by atoms with Gasteiger partial charge in [0.2, 0.25) is 0 Å². The van der Waals surface area contributed by atoms with Crippen molar-refractivity contribution >= 4 is 103 Å². The van der Waals surface area contributed by atoms with Gasteiger partial charge in [-0.3, -0.25) is 0 Å². The van der Waals surface area contributed by atoms with Crippen LogP contribution in [0.1, 0.15) is 120 Å². The van der Waals surface area contributed by atoms with Crippen molar-refractivity contribution in [2.24, 2.45) is 0 Å². The molecule has 0 amide bonds. The minimum Gasteiger partial charge on any atom is -0.397 e. The number of fused-ring (bicyclic) bond motifs is 4. The highest BCUT2D eigenvalue weighted by Gasteiger charge is 2.45. The molecular formula is C75H78BN5. The van der Waals surface area contributed by atoms with Gasteiger partial charge in [-0.25, -0.2) is 0 Å². The lowest BCUT2D eigenvalue weighted by Gasteiger charge is -2.45. The van der Waals surface area contributed by atoms with E-state index in [1.54, 1.807) is 0 Å². The third-order valence-electron chi connectivity index (χ3n) is 16.5. The highest BCUT2D eigenvalue weighted by atomic mass is 15.2. The van der Waals surface area contributed by atoms with Crippen LogP contribution >= 0.6 is 0 Å². The fourth-order valence-corrected chi connectivity index (χ4v) is 12.2. The van der Waals surface area contributed by atoms with Gasteiger partial charge in [0, 0.05) is 62.6 Å². The first-order chi connectivity index (χ1) is 39.3. The molecule has 406 valence electrons. The summed E-state index contributed by atoms with van der Waals surface area (Å²) in [6, 6.07) is 74.6. The van der Waals surface area contributed by atoms with Crippen LogP contribution in [-0.2, 0) is 18.3 Å². The summed E-state index contributed by atoms with van der Waals surface area (Å²) in [4.78, 5) is 9.79. The lowest BCUT2D eigenvalue weighted by Crippen LogP contribution is -2.61. The number of nitrogen functional groups attached to an aromatic ring is 1. The molecule has 11 rings (SSSR count). The number of unbranched alkanes of at least 4 members (excludes halogenated alkanes) is 3. The minimum atomic E-state index is -0.193. The van der Waals surface area contributed by atoms with E-state index in [9.17, 15) is 0 Å². The molecule has 0 aromatic heterocycles. The van der Waals surface area contributed by atoms with E-state index in [4.69, 9.17) is 12.3 Å². The molecule has 0 radical (unpaired) electrons. The zero-order valence-electron chi connectivity index (χ0n) is 48.9. The SMILES string of the molecule is C=C(c1ccc(C(C)(C)C)cc1)N(c1ccccc1)c1cc2c(cc1N)N(c1cc(C)cc(CCCC)c1)c1cc(/C(C)=C\CCC)cc3c1B2c1ccc(N(c2ccccc2)c2ccccc2)cc1N3c1ccc(CCCC)cc1. The Balaban J connectivity index is 1.23. The lowest BCUT2D eigenvalue weighted by atomic mass is 9.33. The van der Waals surface area contributed by atoms with Crippen LogP contribution in [0.4, 0.5) is 68.2 Å². The van der Waals surface area contributed by atoms with Crippen LogP contribution in [0, 0.1) is 6.92 Å². The number of benzene rings is 9. The molecular weight excluding hydrogens is 982 g/mol. The van der Waals surface area contributed by atoms with Crippen molar-refractivity contribution in [3.63, 3.8) is 0 Å². The molecule has 0 fully saturated rings. The number of aryl methyl sites for hydroxylation is 3. The number of nitrogens with zero attached hydrogens (tertiary/aromatic N) is 4. The van der Waals surface area contributed by atoms with Gasteiger partial charge in [-0.1, -0.05) is 177 Å². The van der Waals surface area contributed by atoms with Crippen molar-refractivity contribution in [3.8, 4) is 0 Å².